The largest absolute Gasteiger partial charge is 0.440 e. The van der Waals surface area contributed by atoms with E-state index in [0.29, 0.717) is 0 Å². The molecule has 3 heteroatoms. The molecule has 136 valence electrons. The fourth-order valence-electron chi connectivity index (χ4n) is 3.45. The van der Waals surface area contributed by atoms with Crippen molar-refractivity contribution in [2.75, 3.05) is 11.9 Å². The number of hydrogen-bond acceptors (Lipinski definition) is 2. The van der Waals surface area contributed by atoms with E-state index in [-0.39, 0.29) is 0 Å². The Kier molecular flexibility index (Phi) is 4.67. The number of halogens is 1. The van der Waals surface area contributed by atoms with Crippen molar-refractivity contribution in [3.05, 3.63) is 88.4 Å². The Morgan fingerprint density at radius 1 is 0.889 bits per heavy atom. The normalized spacial score (nSPS) is 11.1. The lowest BCUT2D eigenvalue weighted by Crippen LogP contribution is -2.16. The first-order chi connectivity index (χ1) is 13.0. The van der Waals surface area contributed by atoms with Crippen molar-refractivity contribution in [1.82, 2.24) is 0 Å². The summed E-state index contributed by atoms with van der Waals surface area (Å²) in [6, 6.07) is 22.9. The van der Waals surface area contributed by atoms with Gasteiger partial charge >= 0.3 is 0 Å². The summed E-state index contributed by atoms with van der Waals surface area (Å²) in [6.45, 7) is 4.94. The van der Waals surface area contributed by atoms with Gasteiger partial charge in [-0.15, -0.1) is 0 Å². The van der Waals surface area contributed by atoms with Gasteiger partial charge in [0.05, 0.1) is 5.56 Å². The molecule has 1 aromatic heterocycles. The van der Waals surface area contributed by atoms with E-state index in [4.69, 9.17) is 16.0 Å². The lowest BCUT2D eigenvalue weighted by atomic mass is 10.0. The molecule has 1 heterocycles. The van der Waals surface area contributed by atoms with Gasteiger partial charge in [-0.25, -0.2) is 0 Å². The second kappa shape index (κ2) is 7.13. The summed E-state index contributed by atoms with van der Waals surface area (Å²) in [5.41, 5.74) is 6.83. The van der Waals surface area contributed by atoms with Crippen molar-refractivity contribution >= 4 is 28.5 Å². The monoisotopic (exact) mass is 375 g/mol. The highest BCUT2D eigenvalue weighted by molar-refractivity contribution is 6.30. The Labute approximate surface area is 165 Å². The van der Waals surface area contributed by atoms with E-state index in [1.807, 2.05) is 18.2 Å². The lowest BCUT2D eigenvalue weighted by molar-refractivity contribution is 0.597. The van der Waals surface area contributed by atoms with Gasteiger partial charge in [0, 0.05) is 24.0 Å². The van der Waals surface area contributed by atoms with Crippen LogP contribution in [0, 0.1) is 13.8 Å². The van der Waals surface area contributed by atoms with Crippen molar-refractivity contribution in [2.45, 2.75) is 20.4 Å². The van der Waals surface area contributed by atoms with Crippen molar-refractivity contribution in [1.29, 1.82) is 0 Å². The van der Waals surface area contributed by atoms with Crippen LogP contribution in [0.1, 0.15) is 16.7 Å². The molecule has 2 nitrogen and oxygen atoms in total. The maximum Gasteiger partial charge on any atom is 0.204 e. The van der Waals surface area contributed by atoms with Crippen LogP contribution in [0.15, 0.2) is 71.1 Å². The quantitative estimate of drug-likeness (QED) is 0.381. The lowest BCUT2D eigenvalue weighted by Gasteiger charge is -2.18. The molecule has 0 radical (unpaired) electrons. The predicted molar refractivity (Wildman–Crippen MR) is 115 cm³/mol. The van der Waals surface area contributed by atoms with E-state index in [0.717, 1.165) is 45.1 Å². The minimum absolute atomic E-state index is 0.720. The molecule has 4 rings (SSSR count). The van der Waals surface area contributed by atoms with Crippen LogP contribution in [0.2, 0.25) is 5.02 Å². The van der Waals surface area contributed by atoms with Crippen molar-refractivity contribution in [3.63, 3.8) is 0 Å². The van der Waals surface area contributed by atoms with Gasteiger partial charge in [0.25, 0.3) is 0 Å². The third-order valence-electron chi connectivity index (χ3n) is 4.82. The van der Waals surface area contributed by atoms with Gasteiger partial charge in [0.2, 0.25) is 5.88 Å². The molecule has 0 bridgehead atoms. The highest BCUT2D eigenvalue weighted by Gasteiger charge is 2.19. The Morgan fingerprint density at radius 3 is 2.37 bits per heavy atom. The summed E-state index contributed by atoms with van der Waals surface area (Å²) in [4.78, 5) is 2.15. The first-order valence-corrected chi connectivity index (χ1v) is 9.45. The number of aryl methyl sites for hydroxylation is 2. The molecule has 0 saturated carbocycles. The number of hydrogen-bond donors (Lipinski definition) is 0. The van der Waals surface area contributed by atoms with E-state index in [9.17, 15) is 0 Å². The number of fused-ring (bicyclic) bond motifs is 1. The van der Waals surface area contributed by atoms with Crippen LogP contribution in [0.4, 0.5) is 5.88 Å². The molecule has 0 atom stereocenters. The van der Waals surface area contributed by atoms with E-state index >= 15 is 0 Å². The fraction of sp³-hybridized carbons (Fsp3) is 0.167. The molecule has 27 heavy (non-hydrogen) atoms. The second-order valence-corrected chi connectivity index (χ2v) is 7.57. The molecule has 3 aromatic carbocycles. The molecule has 0 aliphatic heterocycles. The van der Waals surface area contributed by atoms with E-state index in [1.165, 1.54) is 11.1 Å². The summed E-state index contributed by atoms with van der Waals surface area (Å²) in [5, 5.41) is 1.90. The van der Waals surface area contributed by atoms with Crippen molar-refractivity contribution < 1.29 is 4.42 Å². The molecule has 0 unspecified atom stereocenters. The molecular formula is C24H22ClNO. The van der Waals surface area contributed by atoms with Gasteiger partial charge in [0.1, 0.15) is 5.58 Å². The van der Waals surface area contributed by atoms with Crippen LogP contribution in [0.25, 0.3) is 22.1 Å². The summed E-state index contributed by atoms with van der Waals surface area (Å²) in [7, 11) is 2.06. The predicted octanol–water partition coefficient (Wildman–Crippen LogP) is 7.01. The minimum atomic E-state index is 0.720. The maximum absolute atomic E-state index is 6.30. The van der Waals surface area contributed by atoms with Crippen LogP contribution >= 0.6 is 11.6 Å². The zero-order chi connectivity index (χ0) is 19.0. The Hall–Kier alpha value is -2.71. The van der Waals surface area contributed by atoms with Gasteiger partial charge in [-0.05, 0) is 49.2 Å². The Balaban J connectivity index is 1.83. The minimum Gasteiger partial charge on any atom is -0.440 e. The number of furan rings is 1. The molecule has 0 amide bonds. The second-order valence-electron chi connectivity index (χ2n) is 7.13. The zero-order valence-electron chi connectivity index (χ0n) is 15.8. The van der Waals surface area contributed by atoms with Crippen LogP contribution in [0.3, 0.4) is 0 Å². The Bertz CT molecular complexity index is 1100. The molecule has 4 aromatic rings. The average Bonchev–Trinajstić information content (AvgIpc) is 3.01. The molecule has 0 aliphatic carbocycles. The zero-order valence-corrected chi connectivity index (χ0v) is 16.5. The SMILES string of the molecule is Cc1ccc(-c2c(N(C)Cc3cccc(Cl)c3)oc3ccc(C)cc23)cc1. The number of benzene rings is 3. The highest BCUT2D eigenvalue weighted by atomic mass is 35.5. The van der Waals surface area contributed by atoms with Gasteiger partial charge in [-0.2, -0.15) is 0 Å². The summed E-state index contributed by atoms with van der Waals surface area (Å²) >= 11 is 6.16. The molecule has 0 spiro atoms. The first-order valence-electron chi connectivity index (χ1n) is 9.07. The van der Waals surface area contributed by atoms with Crippen LogP contribution < -0.4 is 4.90 Å². The van der Waals surface area contributed by atoms with E-state index in [2.05, 4.69) is 74.3 Å². The molecular weight excluding hydrogens is 354 g/mol. The smallest absolute Gasteiger partial charge is 0.204 e. The van der Waals surface area contributed by atoms with Crippen LogP contribution in [-0.4, -0.2) is 7.05 Å². The van der Waals surface area contributed by atoms with Gasteiger partial charge in [-0.3, -0.25) is 0 Å². The summed E-state index contributed by atoms with van der Waals surface area (Å²) < 4.78 is 6.30. The first kappa shape index (κ1) is 17.7. The molecule has 0 N–H and O–H groups in total. The van der Waals surface area contributed by atoms with E-state index < -0.39 is 0 Å². The van der Waals surface area contributed by atoms with Gasteiger partial charge in [0.15, 0.2) is 0 Å². The Morgan fingerprint density at radius 2 is 1.63 bits per heavy atom. The summed E-state index contributed by atoms with van der Waals surface area (Å²) in [5.74, 6) is 0.874. The van der Waals surface area contributed by atoms with Gasteiger partial charge in [-0.1, -0.05) is 65.2 Å². The third-order valence-corrected chi connectivity index (χ3v) is 5.06. The number of rotatable bonds is 4. The van der Waals surface area contributed by atoms with Crippen molar-refractivity contribution in [2.24, 2.45) is 0 Å². The standard InChI is InChI=1S/C24H22ClNO/c1-16-7-10-19(11-8-16)23-21-13-17(2)9-12-22(21)27-24(23)26(3)15-18-5-4-6-20(25)14-18/h4-14H,15H2,1-3H3. The molecule has 0 fully saturated rings. The topological polar surface area (TPSA) is 16.4 Å². The highest BCUT2D eigenvalue weighted by Crippen LogP contribution is 2.41. The number of nitrogens with zero attached hydrogens (tertiary/aromatic N) is 1. The maximum atomic E-state index is 6.30. The van der Waals surface area contributed by atoms with Gasteiger partial charge < -0.3 is 9.32 Å². The third kappa shape index (κ3) is 3.58. The molecule has 0 saturated heterocycles. The molecule has 0 aliphatic rings. The van der Waals surface area contributed by atoms with Crippen LogP contribution in [-0.2, 0) is 6.54 Å². The fourth-order valence-corrected chi connectivity index (χ4v) is 3.66. The average molecular weight is 376 g/mol. The van der Waals surface area contributed by atoms with Crippen LogP contribution in [0.5, 0.6) is 0 Å². The summed E-state index contributed by atoms with van der Waals surface area (Å²) in [6.07, 6.45) is 0. The van der Waals surface area contributed by atoms with E-state index in [1.54, 1.807) is 0 Å². The van der Waals surface area contributed by atoms with Crippen molar-refractivity contribution in [3.8, 4) is 11.1 Å². The number of anilines is 1.